The number of fused-ring (bicyclic) bond motifs is 1. The SMILES string of the molecule is Cc1cc(Nc2cccc(C(F)(F)F)c2)c2cc(Cl)ccc2n1.Cl. The Bertz CT molecular complexity index is 879. The molecule has 0 aliphatic rings. The molecule has 3 aromatic rings. The molecule has 2 aromatic carbocycles. The third-order valence-electron chi connectivity index (χ3n) is 3.37. The third kappa shape index (κ3) is 3.91. The zero-order valence-corrected chi connectivity index (χ0v) is 14.1. The molecule has 2 nitrogen and oxygen atoms in total. The van der Waals surface area contributed by atoms with Crippen LogP contribution in [-0.4, -0.2) is 4.98 Å². The molecule has 3 rings (SSSR count). The summed E-state index contributed by atoms with van der Waals surface area (Å²) in [6, 6.07) is 12.1. The summed E-state index contributed by atoms with van der Waals surface area (Å²) in [4.78, 5) is 4.40. The molecule has 0 unspecified atom stereocenters. The second-order valence-electron chi connectivity index (χ2n) is 5.18. The molecule has 0 bridgehead atoms. The Labute approximate surface area is 148 Å². The van der Waals surface area contributed by atoms with E-state index < -0.39 is 11.7 Å². The molecule has 0 spiro atoms. The maximum absolute atomic E-state index is 12.8. The van der Waals surface area contributed by atoms with Gasteiger partial charge in [0.1, 0.15) is 0 Å². The van der Waals surface area contributed by atoms with Gasteiger partial charge in [0.25, 0.3) is 0 Å². The maximum atomic E-state index is 12.8. The van der Waals surface area contributed by atoms with Gasteiger partial charge in [-0.05, 0) is 49.4 Å². The zero-order valence-electron chi connectivity index (χ0n) is 12.5. The van der Waals surface area contributed by atoms with Crippen molar-refractivity contribution in [1.82, 2.24) is 4.98 Å². The van der Waals surface area contributed by atoms with Crippen LogP contribution >= 0.6 is 24.0 Å². The lowest BCUT2D eigenvalue weighted by atomic mass is 10.1. The summed E-state index contributed by atoms with van der Waals surface area (Å²) >= 11 is 6.01. The van der Waals surface area contributed by atoms with Crippen molar-refractivity contribution in [3.05, 3.63) is 64.8 Å². The molecule has 0 aliphatic heterocycles. The van der Waals surface area contributed by atoms with Crippen LogP contribution in [0.15, 0.2) is 48.5 Å². The highest BCUT2D eigenvalue weighted by Gasteiger charge is 2.30. The number of aromatic nitrogens is 1. The first kappa shape index (κ1) is 18.4. The highest BCUT2D eigenvalue weighted by molar-refractivity contribution is 6.31. The van der Waals surface area contributed by atoms with E-state index in [9.17, 15) is 13.2 Å². The van der Waals surface area contributed by atoms with Crippen molar-refractivity contribution in [2.45, 2.75) is 13.1 Å². The Morgan fingerprint density at radius 2 is 1.79 bits per heavy atom. The molecule has 0 atom stereocenters. The lowest BCUT2D eigenvalue weighted by Crippen LogP contribution is -2.05. The van der Waals surface area contributed by atoms with Crippen LogP contribution < -0.4 is 5.32 Å². The van der Waals surface area contributed by atoms with Crippen LogP contribution in [0.5, 0.6) is 0 Å². The van der Waals surface area contributed by atoms with Crippen LogP contribution in [0, 0.1) is 6.92 Å². The number of nitrogens with one attached hydrogen (secondary N) is 1. The fraction of sp³-hybridized carbons (Fsp3) is 0.118. The van der Waals surface area contributed by atoms with Gasteiger partial charge in [-0.2, -0.15) is 13.2 Å². The van der Waals surface area contributed by atoms with E-state index in [0.717, 1.165) is 28.7 Å². The number of alkyl halides is 3. The highest BCUT2D eigenvalue weighted by atomic mass is 35.5. The Balaban J connectivity index is 0.00000208. The molecule has 0 radical (unpaired) electrons. The van der Waals surface area contributed by atoms with Crippen LogP contribution in [-0.2, 0) is 6.18 Å². The summed E-state index contributed by atoms with van der Waals surface area (Å²) in [5.74, 6) is 0. The van der Waals surface area contributed by atoms with E-state index in [1.54, 1.807) is 30.3 Å². The average molecular weight is 373 g/mol. The Morgan fingerprint density at radius 3 is 2.50 bits per heavy atom. The third-order valence-corrected chi connectivity index (χ3v) is 3.60. The summed E-state index contributed by atoms with van der Waals surface area (Å²) in [7, 11) is 0. The molecule has 1 heterocycles. The molecule has 0 saturated heterocycles. The van der Waals surface area contributed by atoms with E-state index in [4.69, 9.17) is 11.6 Å². The van der Waals surface area contributed by atoms with Gasteiger partial charge in [-0.15, -0.1) is 12.4 Å². The van der Waals surface area contributed by atoms with Crippen molar-refractivity contribution < 1.29 is 13.2 Å². The smallest absolute Gasteiger partial charge is 0.355 e. The van der Waals surface area contributed by atoms with E-state index >= 15 is 0 Å². The molecule has 24 heavy (non-hydrogen) atoms. The summed E-state index contributed by atoms with van der Waals surface area (Å²) in [6.07, 6.45) is -4.38. The first-order valence-electron chi connectivity index (χ1n) is 6.84. The standard InChI is InChI=1S/C17H12ClF3N2.ClH/c1-10-7-16(14-9-12(18)5-6-15(14)22-10)23-13-4-2-3-11(8-13)17(19,20)21;/h2-9H,1H3,(H,22,23);1H. The predicted molar refractivity (Wildman–Crippen MR) is 93.5 cm³/mol. The number of aryl methyl sites for hydroxylation is 1. The van der Waals surface area contributed by atoms with Crippen LogP contribution in [0.3, 0.4) is 0 Å². The van der Waals surface area contributed by atoms with Gasteiger partial charge in [-0.1, -0.05) is 17.7 Å². The molecule has 0 amide bonds. The number of nitrogens with zero attached hydrogens (tertiary/aromatic N) is 1. The van der Waals surface area contributed by atoms with E-state index in [2.05, 4.69) is 10.3 Å². The van der Waals surface area contributed by atoms with E-state index in [-0.39, 0.29) is 12.4 Å². The minimum atomic E-state index is -4.38. The van der Waals surface area contributed by atoms with Crippen LogP contribution in [0.25, 0.3) is 10.9 Å². The molecule has 1 aromatic heterocycles. The zero-order chi connectivity index (χ0) is 16.6. The summed E-state index contributed by atoms with van der Waals surface area (Å²) in [5.41, 5.74) is 1.80. The first-order valence-corrected chi connectivity index (χ1v) is 7.22. The number of rotatable bonds is 2. The van der Waals surface area contributed by atoms with E-state index in [1.165, 1.54) is 6.07 Å². The lowest BCUT2D eigenvalue weighted by Gasteiger charge is -2.13. The molecule has 0 aliphatic carbocycles. The minimum Gasteiger partial charge on any atom is -0.355 e. The van der Waals surface area contributed by atoms with Crippen LogP contribution in [0.2, 0.25) is 5.02 Å². The number of halogens is 5. The quantitative estimate of drug-likeness (QED) is 0.564. The van der Waals surface area contributed by atoms with Crippen molar-refractivity contribution in [2.75, 3.05) is 5.32 Å². The predicted octanol–water partition coefficient (Wildman–Crippen LogP) is 6.38. The van der Waals surface area contributed by atoms with Gasteiger partial charge >= 0.3 is 6.18 Å². The Morgan fingerprint density at radius 1 is 1.04 bits per heavy atom. The Kier molecular flexibility index (Phi) is 5.26. The van der Waals surface area contributed by atoms with Gasteiger partial charge < -0.3 is 5.32 Å². The fourth-order valence-electron chi connectivity index (χ4n) is 2.36. The summed E-state index contributed by atoms with van der Waals surface area (Å²) in [5, 5.41) is 4.32. The molecule has 7 heteroatoms. The van der Waals surface area contributed by atoms with E-state index in [0.29, 0.717) is 16.4 Å². The van der Waals surface area contributed by atoms with Crippen molar-refractivity contribution in [3.8, 4) is 0 Å². The number of pyridine rings is 1. The van der Waals surface area contributed by atoms with Gasteiger partial charge in [-0.25, -0.2) is 0 Å². The average Bonchev–Trinajstić information content (AvgIpc) is 2.47. The second-order valence-corrected chi connectivity index (χ2v) is 5.61. The van der Waals surface area contributed by atoms with Gasteiger partial charge in [0, 0.05) is 27.5 Å². The van der Waals surface area contributed by atoms with Gasteiger partial charge in [0.05, 0.1) is 11.1 Å². The molecular weight excluding hydrogens is 360 g/mol. The highest BCUT2D eigenvalue weighted by Crippen LogP contribution is 2.33. The maximum Gasteiger partial charge on any atom is 0.416 e. The summed E-state index contributed by atoms with van der Waals surface area (Å²) < 4.78 is 38.5. The largest absolute Gasteiger partial charge is 0.416 e. The molecule has 1 N–H and O–H groups in total. The fourth-order valence-corrected chi connectivity index (χ4v) is 2.53. The minimum absolute atomic E-state index is 0. The Hall–Kier alpha value is -1.98. The normalized spacial score (nSPS) is 11.2. The first-order chi connectivity index (χ1) is 10.8. The number of anilines is 2. The van der Waals surface area contributed by atoms with Gasteiger partial charge in [-0.3, -0.25) is 4.98 Å². The van der Waals surface area contributed by atoms with Crippen molar-refractivity contribution in [1.29, 1.82) is 0 Å². The van der Waals surface area contributed by atoms with Crippen molar-refractivity contribution in [2.24, 2.45) is 0 Å². The monoisotopic (exact) mass is 372 g/mol. The van der Waals surface area contributed by atoms with Crippen molar-refractivity contribution >= 4 is 46.3 Å². The number of benzene rings is 2. The van der Waals surface area contributed by atoms with Gasteiger partial charge in [0.15, 0.2) is 0 Å². The molecule has 0 fully saturated rings. The van der Waals surface area contributed by atoms with Crippen LogP contribution in [0.4, 0.5) is 24.5 Å². The molecular formula is C17H13Cl2F3N2. The van der Waals surface area contributed by atoms with E-state index in [1.807, 2.05) is 6.92 Å². The van der Waals surface area contributed by atoms with Crippen LogP contribution in [0.1, 0.15) is 11.3 Å². The lowest BCUT2D eigenvalue weighted by molar-refractivity contribution is -0.137. The number of hydrogen-bond donors (Lipinski definition) is 1. The number of hydrogen-bond acceptors (Lipinski definition) is 2. The van der Waals surface area contributed by atoms with Crippen molar-refractivity contribution in [3.63, 3.8) is 0 Å². The second kappa shape index (κ2) is 6.87. The molecule has 126 valence electrons. The van der Waals surface area contributed by atoms with Gasteiger partial charge in [0.2, 0.25) is 0 Å². The summed E-state index contributed by atoms with van der Waals surface area (Å²) in [6.45, 7) is 1.82. The molecule has 0 saturated carbocycles. The topological polar surface area (TPSA) is 24.9 Å².